The van der Waals surface area contributed by atoms with Gasteiger partial charge in [0, 0.05) is 24.2 Å². The SMILES string of the molecule is NCc1ccccc1Oc1ccc([N+](=O)[O-])c(F)c1. The average Bonchev–Trinajstić information content (AvgIpc) is 2.39. The molecule has 0 amide bonds. The van der Waals surface area contributed by atoms with Gasteiger partial charge in [0.25, 0.3) is 0 Å². The Kier molecular flexibility index (Phi) is 3.72. The second kappa shape index (κ2) is 5.45. The Labute approximate surface area is 108 Å². The molecule has 0 radical (unpaired) electrons. The van der Waals surface area contributed by atoms with Gasteiger partial charge in [0.1, 0.15) is 11.5 Å². The molecular weight excluding hydrogens is 251 g/mol. The summed E-state index contributed by atoms with van der Waals surface area (Å²) >= 11 is 0. The molecule has 0 saturated carbocycles. The Morgan fingerprint density at radius 1 is 1.26 bits per heavy atom. The van der Waals surface area contributed by atoms with Crippen molar-refractivity contribution in [1.82, 2.24) is 0 Å². The fourth-order valence-corrected chi connectivity index (χ4v) is 1.60. The molecule has 19 heavy (non-hydrogen) atoms. The number of benzene rings is 2. The first-order valence-corrected chi connectivity index (χ1v) is 5.51. The van der Waals surface area contributed by atoms with Crippen LogP contribution < -0.4 is 10.5 Å². The van der Waals surface area contributed by atoms with Gasteiger partial charge in [0.15, 0.2) is 0 Å². The number of nitrogens with zero attached hydrogens (tertiary/aromatic N) is 1. The van der Waals surface area contributed by atoms with E-state index in [1.807, 2.05) is 6.07 Å². The second-order valence-electron chi connectivity index (χ2n) is 3.78. The molecule has 0 spiro atoms. The van der Waals surface area contributed by atoms with Crippen LogP contribution in [0.4, 0.5) is 10.1 Å². The number of nitro benzene ring substituents is 1. The lowest BCUT2D eigenvalue weighted by Gasteiger charge is -2.09. The van der Waals surface area contributed by atoms with Crippen LogP contribution in [0.2, 0.25) is 0 Å². The van der Waals surface area contributed by atoms with E-state index in [1.54, 1.807) is 18.2 Å². The summed E-state index contributed by atoms with van der Waals surface area (Å²) in [6, 6.07) is 10.4. The fraction of sp³-hybridized carbons (Fsp3) is 0.0769. The third kappa shape index (κ3) is 2.86. The Balaban J connectivity index is 2.29. The van der Waals surface area contributed by atoms with E-state index in [0.717, 1.165) is 17.7 Å². The van der Waals surface area contributed by atoms with Crippen molar-refractivity contribution < 1.29 is 14.1 Å². The van der Waals surface area contributed by atoms with E-state index >= 15 is 0 Å². The third-order valence-electron chi connectivity index (χ3n) is 2.54. The molecular formula is C13H11FN2O3. The van der Waals surface area contributed by atoms with Crippen molar-refractivity contribution in [3.8, 4) is 11.5 Å². The van der Waals surface area contributed by atoms with Crippen LogP contribution in [-0.2, 0) is 6.54 Å². The lowest BCUT2D eigenvalue weighted by atomic mass is 10.2. The highest BCUT2D eigenvalue weighted by Gasteiger charge is 2.14. The summed E-state index contributed by atoms with van der Waals surface area (Å²) in [6.07, 6.45) is 0. The number of para-hydroxylation sites is 1. The molecule has 0 heterocycles. The summed E-state index contributed by atoms with van der Waals surface area (Å²) < 4.78 is 18.9. The quantitative estimate of drug-likeness (QED) is 0.678. The first-order chi connectivity index (χ1) is 9.11. The maximum absolute atomic E-state index is 13.4. The Bertz CT molecular complexity index is 617. The maximum Gasteiger partial charge on any atom is 0.305 e. The van der Waals surface area contributed by atoms with Crippen molar-refractivity contribution in [1.29, 1.82) is 0 Å². The molecule has 6 heteroatoms. The van der Waals surface area contributed by atoms with E-state index < -0.39 is 16.4 Å². The summed E-state index contributed by atoms with van der Waals surface area (Å²) in [5.41, 5.74) is 5.74. The van der Waals surface area contributed by atoms with Crippen molar-refractivity contribution >= 4 is 5.69 Å². The summed E-state index contributed by atoms with van der Waals surface area (Å²) in [6.45, 7) is 0.283. The molecule has 2 N–H and O–H groups in total. The molecule has 2 aromatic rings. The fourth-order valence-electron chi connectivity index (χ4n) is 1.60. The standard InChI is InChI=1S/C13H11FN2O3/c14-11-7-10(5-6-12(11)16(17)18)19-13-4-2-1-3-9(13)8-15/h1-7H,8,15H2. The molecule has 0 unspecified atom stereocenters. The number of ether oxygens (including phenoxy) is 1. The zero-order valence-electron chi connectivity index (χ0n) is 9.88. The molecule has 0 aromatic heterocycles. The molecule has 2 rings (SSSR count). The molecule has 0 aliphatic heterocycles. The normalized spacial score (nSPS) is 10.2. The summed E-state index contributed by atoms with van der Waals surface area (Å²) in [7, 11) is 0. The van der Waals surface area contributed by atoms with Gasteiger partial charge < -0.3 is 10.5 Å². The third-order valence-corrected chi connectivity index (χ3v) is 2.54. The molecule has 0 aliphatic rings. The van der Waals surface area contributed by atoms with Crippen LogP contribution in [0.25, 0.3) is 0 Å². The van der Waals surface area contributed by atoms with E-state index in [4.69, 9.17) is 10.5 Å². The first-order valence-electron chi connectivity index (χ1n) is 5.51. The molecule has 0 saturated heterocycles. The molecule has 5 nitrogen and oxygen atoms in total. The van der Waals surface area contributed by atoms with Crippen molar-refractivity contribution in [3.63, 3.8) is 0 Å². The average molecular weight is 262 g/mol. The maximum atomic E-state index is 13.4. The van der Waals surface area contributed by atoms with Crippen LogP contribution >= 0.6 is 0 Å². The number of nitro groups is 1. The van der Waals surface area contributed by atoms with Gasteiger partial charge in [0.05, 0.1) is 4.92 Å². The number of halogens is 1. The van der Waals surface area contributed by atoms with E-state index in [-0.39, 0.29) is 12.3 Å². The molecule has 0 aliphatic carbocycles. The topological polar surface area (TPSA) is 78.4 Å². The Morgan fingerprint density at radius 3 is 2.63 bits per heavy atom. The van der Waals surface area contributed by atoms with Crippen LogP contribution in [0.3, 0.4) is 0 Å². The second-order valence-corrected chi connectivity index (χ2v) is 3.78. The minimum atomic E-state index is -0.937. The number of rotatable bonds is 4. The predicted octanol–water partition coefficient (Wildman–Crippen LogP) is 2.98. The van der Waals surface area contributed by atoms with Gasteiger partial charge in [0.2, 0.25) is 5.82 Å². The predicted molar refractivity (Wildman–Crippen MR) is 67.5 cm³/mol. The Morgan fingerprint density at radius 2 is 2.00 bits per heavy atom. The zero-order valence-corrected chi connectivity index (χ0v) is 9.88. The summed E-state index contributed by atoms with van der Waals surface area (Å²) in [5, 5.41) is 10.5. The molecule has 0 fully saturated rings. The van der Waals surface area contributed by atoms with Gasteiger partial charge in [-0.3, -0.25) is 10.1 Å². The Hall–Kier alpha value is -2.47. The van der Waals surface area contributed by atoms with Crippen LogP contribution in [0.1, 0.15) is 5.56 Å². The molecule has 98 valence electrons. The van der Waals surface area contributed by atoms with Gasteiger partial charge in [-0.25, -0.2) is 0 Å². The molecule has 0 atom stereocenters. The van der Waals surface area contributed by atoms with Crippen molar-refractivity contribution in [3.05, 3.63) is 64.0 Å². The van der Waals surface area contributed by atoms with Gasteiger partial charge in [-0.05, 0) is 12.1 Å². The monoisotopic (exact) mass is 262 g/mol. The van der Waals surface area contributed by atoms with Crippen LogP contribution in [0.5, 0.6) is 11.5 Å². The van der Waals surface area contributed by atoms with Crippen LogP contribution in [0.15, 0.2) is 42.5 Å². The highest BCUT2D eigenvalue weighted by Crippen LogP contribution is 2.28. The van der Waals surface area contributed by atoms with Crippen LogP contribution in [-0.4, -0.2) is 4.92 Å². The van der Waals surface area contributed by atoms with E-state index in [2.05, 4.69) is 0 Å². The van der Waals surface area contributed by atoms with E-state index in [9.17, 15) is 14.5 Å². The lowest BCUT2D eigenvalue weighted by Crippen LogP contribution is -1.99. The molecule has 2 aromatic carbocycles. The van der Waals surface area contributed by atoms with Crippen molar-refractivity contribution in [2.24, 2.45) is 5.73 Å². The molecule has 0 bridgehead atoms. The minimum Gasteiger partial charge on any atom is -0.457 e. The van der Waals surface area contributed by atoms with Gasteiger partial charge in [-0.1, -0.05) is 18.2 Å². The minimum absolute atomic E-state index is 0.184. The number of hydrogen-bond acceptors (Lipinski definition) is 4. The summed E-state index contributed by atoms with van der Waals surface area (Å²) in [4.78, 5) is 9.72. The zero-order chi connectivity index (χ0) is 13.8. The van der Waals surface area contributed by atoms with Crippen molar-refractivity contribution in [2.75, 3.05) is 0 Å². The van der Waals surface area contributed by atoms with E-state index in [0.29, 0.717) is 5.75 Å². The lowest BCUT2D eigenvalue weighted by molar-refractivity contribution is -0.387. The van der Waals surface area contributed by atoms with Crippen molar-refractivity contribution in [2.45, 2.75) is 6.54 Å². The van der Waals surface area contributed by atoms with Crippen LogP contribution in [0, 0.1) is 15.9 Å². The first kappa shape index (κ1) is 13.0. The number of hydrogen-bond donors (Lipinski definition) is 1. The smallest absolute Gasteiger partial charge is 0.305 e. The number of nitrogens with two attached hydrogens (primary N) is 1. The highest BCUT2D eigenvalue weighted by atomic mass is 19.1. The largest absolute Gasteiger partial charge is 0.457 e. The van der Waals surface area contributed by atoms with Gasteiger partial charge >= 0.3 is 5.69 Å². The van der Waals surface area contributed by atoms with Gasteiger partial charge in [-0.2, -0.15) is 4.39 Å². The van der Waals surface area contributed by atoms with Gasteiger partial charge in [-0.15, -0.1) is 0 Å². The highest BCUT2D eigenvalue weighted by molar-refractivity contribution is 5.42. The summed E-state index contributed by atoms with van der Waals surface area (Å²) in [5.74, 6) is -0.255. The van der Waals surface area contributed by atoms with E-state index in [1.165, 1.54) is 6.07 Å².